The van der Waals surface area contributed by atoms with Crippen molar-refractivity contribution in [2.45, 2.75) is 63.9 Å². The molecule has 1 heterocycles. The van der Waals surface area contributed by atoms with Gasteiger partial charge in [-0.2, -0.15) is 0 Å². The van der Waals surface area contributed by atoms with E-state index < -0.39 is 16.1 Å². The van der Waals surface area contributed by atoms with Crippen LogP contribution in [0.2, 0.25) is 0 Å². The molecule has 0 saturated carbocycles. The third-order valence-electron chi connectivity index (χ3n) is 2.64. The minimum Gasteiger partial charge on any atom is -0.447 e. The molecule has 0 aliphatic rings. The monoisotopic (exact) mass is 304 g/mol. The molecule has 7 heteroatoms. The summed E-state index contributed by atoms with van der Waals surface area (Å²) in [6.07, 6.45) is -0.211. The number of furan rings is 1. The van der Waals surface area contributed by atoms with Crippen molar-refractivity contribution < 1.29 is 17.9 Å². The lowest BCUT2D eigenvalue weighted by atomic mass is 10.2. The number of hydrogen-bond donors (Lipinski definition) is 3. The van der Waals surface area contributed by atoms with Gasteiger partial charge in [0.15, 0.2) is 0 Å². The Balaban J connectivity index is 2.68. The molecule has 1 aromatic heterocycles. The average molecular weight is 304 g/mol. The maximum atomic E-state index is 12.1. The van der Waals surface area contributed by atoms with Gasteiger partial charge in [0.05, 0.1) is 12.6 Å². The lowest BCUT2D eigenvalue weighted by Crippen LogP contribution is -2.34. The number of aliphatic hydroxyl groups excluding tert-OH is 1. The Kier molecular flexibility index (Phi) is 6.19. The second-order valence-corrected chi connectivity index (χ2v) is 7.01. The third-order valence-corrected chi connectivity index (χ3v) is 4.10. The lowest BCUT2D eigenvalue weighted by Gasteiger charge is -2.14. The van der Waals surface area contributed by atoms with Gasteiger partial charge in [-0.25, -0.2) is 13.1 Å². The molecular weight excluding hydrogens is 280 g/mol. The van der Waals surface area contributed by atoms with Crippen LogP contribution in [0.4, 0.5) is 0 Å². The fourth-order valence-electron chi connectivity index (χ4n) is 1.79. The van der Waals surface area contributed by atoms with E-state index in [1.807, 2.05) is 13.8 Å². The fraction of sp³-hybridized carbons (Fsp3) is 0.692. The molecular formula is C13H24N2O4S. The Morgan fingerprint density at radius 1 is 1.25 bits per heavy atom. The SMILES string of the molecule is CC(O)CC(C)NS(=O)(=O)c1ccc(CNC(C)C)o1. The van der Waals surface area contributed by atoms with Gasteiger partial charge in [0, 0.05) is 12.1 Å². The summed E-state index contributed by atoms with van der Waals surface area (Å²) >= 11 is 0. The Morgan fingerprint density at radius 3 is 2.45 bits per heavy atom. The second-order valence-electron chi connectivity index (χ2n) is 5.36. The van der Waals surface area contributed by atoms with Crippen molar-refractivity contribution in [1.29, 1.82) is 0 Å². The zero-order valence-electron chi connectivity index (χ0n) is 12.4. The van der Waals surface area contributed by atoms with Gasteiger partial charge in [0.2, 0.25) is 5.09 Å². The third kappa shape index (κ3) is 5.62. The Labute approximate surface area is 120 Å². The van der Waals surface area contributed by atoms with Crippen LogP contribution >= 0.6 is 0 Å². The summed E-state index contributed by atoms with van der Waals surface area (Å²) in [7, 11) is -3.68. The zero-order valence-corrected chi connectivity index (χ0v) is 13.2. The number of rotatable bonds is 8. The number of aliphatic hydroxyl groups is 1. The number of nitrogens with one attached hydrogen (secondary N) is 2. The maximum Gasteiger partial charge on any atom is 0.274 e. The van der Waals surface area contributed by atoms with Crippen LogP contribution < -0.4 is 10.0 Å². The van der Waals surface area contributed by atoms with Gasteiger partial charge in [0.25, 0.3) is 10.0 Å². The fourth-order valence-corrected chi connectivity index (χ4v) is 2.99. The first-order valence-electron chi connectivity index (χ1n) is 6.73. The van der Waals surface area contributed by atoms with E-state index in [1.54, 1.807) is 19.9 Å². The highest BCUT2D eigenvalue weighted by atomic mass is 32.2. The van der Waals surface area contributed by atoms with Crippen LogP contribution in [0, 0.1) is 0 Å². The van der Waals surface area contributed by atoms with E-state index in [4.69, 9.17) is 4.42 Å². The van der Waals surface area contributed by atoms with Crippen molar-refractivity contribution in [2.75, 3.05) is 0 Å². The molecule has 0 fully saturated rings. The van der Waals surface area contributed by atoms with Crippen molar-refractivity contribution in [3.63, 3.8) is 0 Å². The van der Waals surface area contributed by atoms with Crippen LogP contribution in [0.1, 0.15) is 39.9 Å². The molecule has 1 aromatic rings. The summed E-state index contributed by atoms with van der Waals surface area (Å²) in [5.74, 6) is 0.572. The molecule has 0 radical (unpaired) electrons. The summed E-state index contributed by atoms with van der Waals surface area (Å²) in [6.45, 7) is 7.80. The molecule has 0 bridgehead atoms. The van der Waals surface area contributed by atoms with Crippen LogP contribution in [0.25, 0.3) is 0 Å². The predicted octanol–water partition coefficient (Wildman–Crippen LogP) is 1.22. The summed E-state index contributed by atoms with van der Waals surface area (Å²) < 4.78 is 31.9. The van der Waals surface area contributed by atoms with Crippen LogP contribution in [0.15, 0.2) is 21.6 Å². The highest BCUT2D eigenvalue weighted by Crippen LogP contribution is 2.15. The summed E-state index contributed by atoms with van der Waals surface area (Å²) in [4.78, 5) is 0. The van der Waals surface area contributed by atoms with E-state index in [9.17, 15) is 13.5 Å². The predicted molar refractivity (Wildman–Crippen MR) is 76.8 cm³/mol. The number of sulfonamides is 1. The van der Waals surface area contributed by atoms with Crippen molar-refractivity contribution in [3.8, 4) is 0 Å². The molecule has 3 N–H and O–H groups in total. The van der Waals surface area contributed by atoms with E-state index in [0.29, 0.717) is 24.8 Å². The summed E-state index contributed by atoms with van der Waals surface area (Å²) in [5.41, 5.74) is 0. The topological polar surface area (TPSA) is 91.6 Å². The van der Waals surface area contributed by atoms with Crippen LogP contribution in [-0.4, -0.2) is 31.7 Å². The van der Waals surface area contributed by atoms with Gasteiger partial charge in [-0.05, 0) is 32.4 Å². The molecule has 0 aliphatic heterocycles. The molecule has 0 amide bonds. The first-order valence-corrected chi connectivity index (χ1v) is 8.21. The van der Waals surface area contributed by atoms with Gasteiger partial charge >= 0.3 is 0 Å². The molecule has 20 heavy (non-hydrogen) atoms. The largest absolute Gasteiger partial charge is 0.447 e. The van der Waals surface area contributed by atoms with Gasteiger partial charge in [0.1, 0.15) is 5.76 Å². The summed E-state index contributed by atoms with van der Waals surface area (Å²) in [6, 6.07) is 3.02. The summed E-state index contributed by atoms with van der Waals surface area (Å²) in [5, 5.41) is 12.3. The minimum atomic E-state index is -3.68. The van der Waals surface area contributed by atoms with Crippen LogP contribution in [-0.2, 0) is 16.6 Å². The maximum absolute atomic E-state index is 12.1. The smallest absolute Gasteiger partial charge is 0.274 e. The Morgan fingerprint density at radius 2 is 1.90 bits per heavy atom. The normalized spacial score (nSPS) is 15.5. The molecule has 0 aromatic carbocycles. The van der Waals surface area contributed by atoms with Crippen LogP contribution in [0.3, 0.4) is 0 Å². The molecule has 2 unspecified atom stereocenters. The van der Waals surface area contributed by atoms with E-state index in [0.717, 1.165) is 0 Å². The molecule has 1 rings (SSSR count). The molecule has 0 saturated heterocycles. The molecule has 0 aliphatic carbocycles. The Hall–Kier alpha value is -0.890. The second kappa shape index (κ2) is 7.21. The highest BCUT2D eigenvalue weighted by Gasteiger charge is 2.21. The Bertz CT molecular complexity index is 508. The standard InChI is InChI=1S/C13H24N2O4S/c1-9(2)14-8-12-5-6-13(19-12)20(17,18)15-10(3)7-11(4)16/h5-6,9-11,14-16H,7-8H2,1-4H3. The lowest BCUT2D eigenvalue weighted by molar-refractivity contribution is 0.174. The van der Waals surface area contributed by atoms with Crippen molar-refractivity contribution in [3.05, 3.63) is 17.9 Å². The van der Waals surface area contributed by atoms with Crippen molar-refractivity contribution >= 4 is 10.0 Å². The van der Waals surface area contributed by atoms with E-state index >= 15 is 0 Å². The van der Waals surface area contributed by atoms with Crippen LogP contribution in [0.5, 0.6) is 0 Å². The van der Waals surface area contributed by atoms with Gasteiger partial charge in [-0.1, -0.05) is 13.8 Å². The van der Waals surface area contributed by atoms with E-state index in [2.05, 4.69) is 10.0 Å². The average Bonchev–Trinajstić information content (AvgIpc) is 2.73. The number of hydrogen-bond acceptors (Lipinski definition) is 5. The van der Waals surface area contributed by atoms with Crippen molar-refractivity contribution in [1.82, 2.24) is 10.0 Å². The van der Waals surface area contributed by atoms with Gasteiger partial charge < -0.3 is 14.8 Å². The molecule has 116 valence electrons. The van der Waals surface area contributed by atoms with Gasteiger partial charge in [-0.15, -0.1) is 0 Å². The van der Waals surface area contributed by atoms with E-state index in [-0.39, 0.29) is 11.1 Å². The van der Waals surface area contributed by atoms with Crippen molar-refractivity contribution in [2.24, 2.45) is 0 Å². The van der Waals surface area contributed by atoms with E-state index in [1.165, 1.54) is 6.07 Å². The first kappa shape index (κ1) is 17.2. The molecule has 0 spiro atoms. The first-order chi connectivity index (χ1) is 9.20. The van der Waals surface area contributed by atoms with Gasteiger partial charge in [-0.3, -0.25) is 0 Å². The quantitative estimate of drug-likeness (QED) is 0.671. The highest BCUT2D eigenvalue weighted by molar-refractivity contribution is 7.89. The molecule has 2 atom stereocenters. The molecule has 6 nitrogen and oxygen atoms in total. The minimum absolute atomic E-state index is 0.101. The zero-order chi connectivity index (χ0) is 15.3.